The Morgan fingerprint density at radius 1 is 1.23 bits per heavy atom. The van der Waals surface area contributed by atoms with E-state index in [2.05, 4.69) is 25.8 Å². The van der Waals surface area contributed by atoms with Crippen LogP contribution in [0.2, 0.25) is 0 Å². The first-order valence-electron chi connectivity index (χ1n) is 10.2. The average molecular weight is 446 g/mol. The number of anilines is 1. The number of nitrogens with one attached hydrogen (secondary N) is 1. The molecular weight excluding hydrogens is 421 g/mol. The number of benzene rings is 1. The van der Waals surface area contributed by atoms with E-state index >= 15 is 4.39 Å². The van der Waals surface area contributed by atoms with Crippen molar-refractivity contribution in [2.45, 2.75) is 42.7 Å². The molecule has 2 aliphatic heterocycles. The molecule has 2 atom stereocenters. The highest BCUT2D eigenvalue weighted by atomic mass is 32.2. The molecule has 3 aromatic rings. The van der Waals surface area contributed by atoms with Gasteiger partial charge in [0.05, 0.1) is 23.2 Å². The van der Waals surface area contributed by atoms with Gasteiger partial charge in [-0.05, 0) is 49.5 Å². The van der Waals surface area contributed by atoms with Crippen LogP contribution in [0.15, 0.2) is 40.9 Å². The highest BCUT2D eigenvalue weighted by Crippen LogP contribution is 2.45. The first kappa shape index (κ1) is 19.8. The van der Waals surface area contributed by atoms with Crippen molar-refractivity contribution < 1.29 is 9.13 Å². The van der Waals surface area contributed by atoms with Crippen molar-refractivity contribution in [1.82, 2.24) is 19.7 Å². The summed E-state index contributed by atoms with van der Waals surface area (Å²) in [7, 11) is 2.00. The van der Waals surface area contributed by atoms with Crippen LogP contribution in [-0.4, -0.2) is 32.8 Å². The van der Waals surface area contributed by atoms with E-state index in [0.717, 1.165) is 42.3 Å². The van der Waals surface area contributed by atoms with Crippen LogP contribution in [0.3, 0.4) is 0 Å². The van der Waals surface area contributed by atoms with Gasteiger partial charge in [0.2, 0.25) is 0 Å². The Balaban J connectivity index is 1.43. The average Bonchev–Trinajstić information content (AvgIpc) is 3.43. The first-order valence-corrected chi connectivity index (χ1v) is 11.9. The summed E-state index contributed by atoms with van der Waals surface area (Å²) in [5.74, 6) is 0.554. The number of hydrogen-bond donors (Lipinski definition) is 1. The van der Waals surface area contributed by atoms with Crippen LogP contribution in [-0.2, 0) is 7.05 Å². The standard InChI is InChI=1S/C21H24FN5OS2/c1-26-17(5-7-24-26)18-4-2-3-9-27(18)16-6-10-28-19-13-20(15(22)12-14(16)19)30-25-21-23-8-11-29-21/h5,7-8,11-13,16,18H,2-4,6,9-10H2,1H3,(H,23,25)/t16?,18-/m0/s1. The van der Waals surface area contributed by atoms with Crippen molar-refractivity contribution in [2.24, 2.45) is 7.05 Å². The monoisotopic (exact) mass is 445 g/mol. The molecule has 1 N–H and O–H groups in total. The lowest BCUT2D eigenvalue weighted by Gasteiger charge is -2.43. The first-order chi connectivity index (χ1) is 14.7. The van der Waals surface area contributed by atoms with Crippen LogP contribution in [0.1, 0.15) is 49.0 Å². The molecule has 0 spiro atoms. The molecule has 4 heterocycles. The molecule has 0 radical (unpaired) electrons. The molecule has 5 rings (SSSR count). The minimum absolute atomic E-state index is 0.148. The quantitative estimate of drug-likeness (QED) is 0.546. The molecule has 9 heteroatoms. The summed E-state index contributed by atoms with van der Waals surface area (Å²) in [5, 5.41) is 7.01. The fraction of sp³-hybridized carbons (Fsp3) is 0.429. The maximum Gasteiger partial charge on any atom is 0.192 e. The van der Waals surface area contributed by atoms with Crippen LogP contribution in [0.25, 0.3) is 0 Å². The van der Waals surface area contributed by atoms with Crippen molar-refractivity contribution in [1.29, 1.82) is 0 Å². The maximum absolute atomic E-state index is 15.0. The molecule has 158 valence electrons. The van der Waals surface area contributed by atoms with E-state index in [0.29, 0.717) is 17.5 Å². The molecule has 1 fully saturated rings. The van der Waals surface area contributed by atoms with Crippen molar-refractivity contribution in [3.8, 4) is 5.75 Å². The van der Waals surface area contributed by atoms with Gasteiger partial charge in [-0.3, -0.25) is 9.58 Å². The van der Waals surface area contributed by atoms with Gasteiger partial charge in [-0.1, -0.05) is 6.42 Å². The Morgan fingerprint density at radius 3 is 2.97 bits per heavy atom. The van der Waals surface area contributed by atoms with Crippen molar-refractivity contribution >= 4 is 28.4 Å². The number of aromatic nitrogens is 3. The normalized spacial score (nSPS) is 21.8. The van der Waals surface area contributed by atoms with E-state index < -0.39 is 0 Å². The van der Waals surface area contributed by atoms with Gasteiger partial charge in [0, 0.05) is 42.8 Å². The number of likely N-dealkylation sites (tertiary alicyclic amines) is 1. The fourth-order valence-electron chi connectivity index (χ4n) is 4.52. The zero-order valence-corrected chi connectivity index (χ0v) is 18.4. The molecular formula is C21H24FN5OS2. The lowest BCUT2D eigenvalue weighted by molar-refractivity contribution is 0.0626. The van der Waals surface area contributed by atoms with Gasteiger partial charge in [-0.15, -0.1) is 11.3 Å². The second-order valence-electron chi connectivity index (χ2n) is 7.64. The summed E-state index contributed by atoms with van der Waals surface area (Å²) < 4.78 is 26.0. The number of ether oxygens (including phenoxy) is 1. The molecule has 6 nitrogen and oxygen atoms in total. The third-order valence-corrected chi connectivity index (χ3v) is 7.54. The van der Waals surface area contributed by atoms with Crippen LogP contribution < -0.4 is 9.46 Å². The van der Waals surface area contributed by atoms with Gasteiger partial charge in [0.25, 0.3) is 0 Å². The lowest BCUT2D eigenvalue weighted by Crippen LogP contribution is -2.39. The second kappa shape index (κ2) is 8.56. The Hall–Kier alpha value is -2.10. The van der Waals surface area contributed by atoms with Gasteiger partial charge in [-0.25, -0.2) is 9.37 Å². The summed E-state index contributed by atoms with van der Waals surface area (Å²) in [4.78, 5) is 7.23. The summed E-state index contributed by atoms with van der Waals surface area (Å²) in [6.45, 7) is 1.64. The molecule has 0 saturated carbocycles. The van der Waals surface area contributed by atoms with E-state index in [1.165, 1.54) is 35.4 Å². The van der Waals surface area contributed by atoms with Gasteiger partial charge < -0.3 is 9.46 Å². The summed E-state index contributed by atoms with van der Waals surface area (Å²) in [5.41, 5.74) is 2.18. The smallest absolute Gasteiger partial charge is 0.192 e. The van der Waals surface area contributed by atoms with Gasteiger partial charge in [0.1, 0.15) is 11.6 Å². The van der Waals surface area contributed by atoms with E-state index in [1.807, 2.05) is 29.4 Å². The zero-order chi connectivity index (χ0) is 20.5. The molecule has 1 unspecified atom stereocenters. The molecule has 0 aliphatic carbocycles. The number of thiazole rings is 1. The minimum atomic E-state index is -0.229. The molecule has 30 heavy (non-hydrogen) atoms. The number of rotatable bonds is 5. The highest BCUT2D eigenvalue weighted by molar-refractivity contribution is 8.00. The Bertz CT molecular complexity index is 1010. The predicted octanol–water partition coefficient (Wildman–Crippen LogP) is 5.19. The van der Waals surface area contributed by atoms with Crippen LogP contribution in [0.4, 0.5) is 9.52 Å². The van der Waals surface area contributed by atoms with Crippen molar-refractivity contribution in [2.75, 3.05) is 17.9 Å². The molecule has 1 saturated heterocycles. The molecule has 2 aromatic heterocycles. The highest BCUT2D eigenvalue weighted by Gasteiger charge is 2.35. The number of hydrogen-bond acceptors (Lipinski definition) is 7. The van der Waals surface area contributed by atoms with E-state index in [9.17, 15) is 0 Å². The van der Waals surface area contributed by atoms with Gasteiger partial charge in [-0.2, -0.15) is 5.10 Å². The maximum atomic E-state index is 15.0. The molecule has 1 aromatic carbocycles. The van der Waals surface area contributed by atoms with Crippen LogP contribution in [0.5, 0.6) is 5.75 Å². The molecule has 2 aliphatic rings. The predicted molar refractivity (Wildman–Crippen MR) is 117 cm³/mol. The largest absolute Gasteiger partial charge is 0.493 e. The number of fused-ring (bicyclic) bond motifs is 1. The Kier molecular flexibility index (Phi) is 5.66. The van der Waals surface area contributed by atoms with Gasteiger partial charge in [0.15, 0.2) is 5.13 Å². The van der Waals surface area contributed by atoms with E-state index in [4.69, 9.17) is 4.74 Å². The number of piperidine rings is 1. The number of nitrogens with zero attached hydrogens (tertiary/aromatic N) is 4. The van der Waals surface area contributed by atoms with Crippen molar-refractivity contribution in [3.05, 3.63) is 53.0 Å². The summed E-state index contributed by atoms with van der Waals surface area (Å²) in [6, 6.07) is 6.04. The summed E-state index contributed by atoms with van der Waals surface area (Å²) >= 11 is 2.72. The third kappa shape index (κ3) is 3.81. The molecule has 0 bridgehead atoms. The van der Waals surface area contributed by atoms with E-state index in [-0.39, 0.29) is 11.9 Å². The van der Waals surface area contributed by atoms with Gasteiger partial charge >= 0.3 is 0 Å². The zero-order valence-electron chi connectivity index (χ0n) is 16.8. The molecule has 0 amide bonds. The SMILES string of the molecule is Cn1nccc1[C@@H]1CCCCN1C1CCOc2cc(SNc3nccs3)c(F)cc21. The van der Waals surface area contributed by atoms with Crippen LogP contribution in [0, 0.1) is 5.82 Å². The number of halogens is 1. The topological polar surface area (TPSA) is 55.2 Å². The van der Waals surface area contributed by atoms with Crippen LogP contribution >= 0.6 is 23.3 Å². The lowest BCUT2D eigenvalue weighted by atomic mass is 9.91. The summed E-state index contributed by atoms with van der Waals surface area (Å²) in [6.07, 6.45) is 7.91. The Morgan fingerprint density at radius 2 is 2.17 bits per heavy atom. The van der Waals surface area contributed by atoms with Crippen molar-refractivity contribution in [3.63, 3.8) is 0 Å². The fourth-order valence-corrected chi connectivity index (χ4v) is 5.78. The Labute approximate surface area is 183 Å². The second-order valence-corrected chi connectivity index (χ2v) is 9.39. The number of aryl methyl sites for hydroxylation is 1. The third-order valence-electron chi connectivity index (χ3n) is 5.90. The minimum Gasteiger partial charge on any atom is -0.493 e. The van der Waals surface area contributed by atoms with E-state index in [1.54, 1.807) is 12.3 Å².